The normalized spacial score (nSPS) is 16.2. The van der Waals surface area contributed by atoms with Crippen LogP contribution in [-0.4, -0.2) is 111 Å². The summed E-state index contributed by atoms with van der Waals surface area (Å²) in [6.45, 7) is 5.02. The molecule has 5 rings (SSSR count). The SMILES string of the molecule is COc1ccc(CN2CCC3(C2)CN(Cc2cccnc2)c2cccnc23)cc1.O=C(O)C(F)(F)F.O=C(O)C(F)(F)F.O=C(O)C(F)(F)F.O=C(O)C(F)(F)F. The number of benzene rings is 1. The van der Waals surface area contributed by atoms with Crippen LogP contribution >= 0.6 is 0 Å². The van der Waals surface area contributed by atoms with Gasteiger partial charge in [0.25, 0.3) is 0 Å². The molecule has 2 aliphatic rings. The summed E-state index contributed by atoms with van der Waals surface area (Å²) in [6, 6.07) is 16.9. The summed E-state index contributed by atoms with van der Waals surface area (Å²) in [5.74, 6) is -10.1. The number of rotatable bonds is 5. The molecule has 1 spiro atoms. The van der Waals surface area contributed by atoms with Gasteiger partial charge in [0.05, 0.1) is 18.5 Å². The monoisotopic (exact) mass is 842 g/mol. The molecule has 1 aromatic carbocycles. The van der Waals surface area contributed by atoms with Crippen LogP contribution in [-0.2, 0) is 37.7 Å². The van der Waals surface area contributed by atoms with Crippen molar-refractivity contribution in [2.24, 2.45) is 0 Å². The topological polar surface area (TPSA) is 191 Å². The van der Waals surface area contributed by atoms with Crippen molar-refractivity contribution in [1.82, 2.24) is 14.9 Å². The van der Waals surface area contributed by atoms with Crippen molar-refractivity contribution in [3.8, 4) is 5.75 Å². The van der Waals surface area contributed by atoms with Crippen LogP contribution in [0.3, 0.4) is 0 Å². The molecule has 57 heavy (non-hydrogen) atoms. The molecule has 0 saturated carbocycles. The number of pyridine rings is 2. The van der Waals surface area contributed by atoms with E-state index in [9.17, 15) is 52.7 Å². The molecule has 0 radical (unpaired) electrons. The number of carbonyl (C=O) groups is 4. The number of hydrogen-bond acceptors (Lipinski definition) is 9. The van der Waals surface area contributed by atoms with Gasteiger partial charge in [-0.3, -0.25) is 14.9 Å². The largest absolute Gasteiger partial charge is 0.497 e. The van der Waals surface area contributed by atoms with Gasteiger partial charge in [0, 0.05) is 50.2 Å². The number of carboxylic acid groups (broad SMARTS) is 4. The minimum Gasteiger partial charge on any atom is -0.497 e. The zero-order valence-corrected chi connectivity index (χ0v) is 28.7. The fraction of sp³-hybridized carbons (Fsp3) is 0.375. The number of fused-ring (bicyclic) bond motifs is 2. The first-order valence-electron chi connectivity index (χ1n) is 15.2. The van der Waals surface area contributed by atoms with Crippen LogP contribution in [0.4, 0.5) is 58.4 Å². The third kappa shape index (κ3) is 16.8. The highest BCUT2D eigenvalue weighted by Gasteiger charge is 2.48. The lowest BCUT2D eigenvalue weighted by Crippen LogP contribution is -2.36. The third-order valence-electron chi connectivity index (χ3n) is 7.19. The Morgan fingerprint density at radius 1 is 0.667 bits per heavy atom. The van der Waals surface area contributed by atoms with E-state index in [4.69, 9.17) is 49.3 Å². The maximum absolute atomic E-state index is 10.6. The van der Waals surface area contributed by atoms with Crippen LogP contribution in [0.25, 0.3) is 0 Å². The van der Waals surface area contributed by atoms with E-state index in [2.05, 4.69) is 45.1 Å². The molecule has 0 bridgehead atoms. The van der Waals surface area contributed by atoms with Crippen molar-refractivity contribution in [3.05, 3.63) is 83.9 Å². The van der Waals surface area contributed by atoms with Crippen molar-refractivity contribution >= 4 is 29.6 Å². The Labute approximate surface area is 312 Å². The first-order valence-corrected chi connectivity index (χ1v) is 15.2. The molecule has 3 aromatic rings. The molecule has 316 valence electrons. The molecule has 13 nitrogen and oxygen atoms in total. The standard InChI is InChI=1S/C24H26N4O.4C2HF3O2/c1-29-21-8-6-19(7-9-21)15-27-13-10-24(17-27)18-28(16-20-4-2-11-25-14-20)22-5-3-12-26-23(22)24;4*3-2(4,5)1(6)7/h2-9,11-12,14H,10,13,15-18H2,1H3;4*(H,6,7). The maximum Gasteiger partial charge on any atom is 0.490 e. The van der Waals surface area contributed by atoms with Gasteiger partial charge in [-0.05, 0) is 54.4 Å². The van der Waals surface area contributed by atoms with E-state index in [1.807, 2.05) is 36.8 Å². The predicted molar refractivity (Wildman–Crippen MR) is 169 cm³/mol. The zero-order valence-electron chi connectivity index (χ0n) is 28.7. The van der Waals surface area contributed by atoms with Crippen LogP contribution in [0.15, 0.2) is 67.1 Å². The first kappa shape index (κ1) is 49.1. The molecular weight excluding hydrogens is 812 g/mol. The Morgan fingerprint density at radius 3 is 1.53 bits per heavy atom. The van der Waals surface area contributed by atoms with Gasteiger partial charge in [-0.1, -0.05) is 18.2 Å². The lowest BCUT2D eigenvalue weighted by Gasteiger charge is -2.26. The number of aliphatic carboxylic acids is 4. The van der Waals surface area contributed by atoms with E-state index >= 15 is 0 Å². The summed E-state index contributed by atoms with van der Waals surface area (Å²) in [5.41, 5.74) is 5.23. The minimum atomic E-state index is -5.08. The van der Waals surface area contributed by atoms with E-state index < -0.39 is 48.6 Å². The molecule has 2 aromatic heterocycles. The Bertz CT molecular complexity index is 1680. The summed E-state index contributed by atoms with van der Waals surface area (Å²) in [5, 5.41) is 28.5. The fourth-order valence-electron chi connectivity index (χ4n) is 4.84. The maximum atomic E-state index is 10.6. The number of ether oxygens (including phenoxy) is 1. The van der Waals surface area contributed by atoms with Gasteiger partial charge >= 0.3 is 48.6 Å². The molecule has 2 aliphatic heterocycles. The van der Waals surface area contributed by atoms with Gasteiger partial charge < -0.3 is 30.1 Å². The van der Waals surface area contributed by atoms with E-state index in [1.54, 1.807) is 7.11 Å². The number of anilines is 1. The Kier molecular flexibility index (Phi) is 17.5. The number of methoxy groups -OCH3 is 1. The number of carboxylic acids is 4. The van der Waals surface area contributed by atoms with Crippen molar-refractivity contribution in [2.45, 2.75) is 49.6 Å². The molecule has 4 N–H and O–H groups in total. The van der Waals surface area contributed by atoms with Crippen LogP contribution in [0.2, 0.25) is 0 Å². The van der Waals surface area contributed by atoms with Crippen LogP contribution < -0.4 is 9.64 Å². The first-order chi connectivity index (χ1) is 26.0. The fourth-order valence-corrected chi connectivity index (χ4v) is 4.84. The highest BCUT2D eigenvalue weighted by molar-refractivity contribution is 5.74. The summed E-state index contributed by atoms with van der Waals surface area (Å²) >= 11 is 0. The van der Waals surface area contributed by atoms with Crippen molar-refractivity contribution in [1.29, 1.82) is 0 Å². The van der Waals surface area contributed by atoms with E-state index in [0.717, 1.165) is 44.9 Å². The van der Waals surface area contributed by atoms with E-state index in [1.165, 1.54) is 22.5 Å². The molecule has 1 saturated heterocycles. The Balaban J connectivity index is 0.000000473. The number of alkyl halides is 12. The molecule has 0 amide bonds. The van der Waals surface area contributed by atoms with Crippen molar-refractivity contribution in [3.63, 3.8) is 0 Å². The van der Waals surface area contributed by atoms with Gasteiger partial charge in [-0.15, -0.1) is 0 Å². The van der Waals surface area contributed by atoms with Crippen molar-refractivity contribution < 1.29 is 97.0 Å². The Morgan fingerprint density at radius 2 is 1.12 bits per heavy atom. The zero-order chi connectivity index (χ0) is 44.0. The number of nitrogens with zero attached hydrogens (tertiary/aromatic N) is 4. The van der Waals surface area contributed by atoms with Crippen LogP contribution in [0.5, 0.6) is 5.75 Å². The third-order valence-corrected chi connectivity index (χ3v) is 7.19. The second kappa shape index (κ2) is 20.3. The minimum absolute atomic E-state index is 0.116. The van der Waals surface area contributed by atoms with Crippen molar-refractivity contribution in [2.75, 3.05) is 31.6 Å². The average Bonchev–Trinajstić information content (AvgIpc) is 3.64. The molecular formula is C32H30F12N4O9. The highest BCUT2D eigenvalue weighted by atomic mass is 19.4. The van der Waals surface area contributed by atoms with Gasteiger partial charge in [-0.2, -0.15) is 52.7 Å². The summed E-state index contributed by atoms with van der Waals surface area (Å²) in [7, 11) is 1.71. The number of halogens is 12. The molecule has 0 aliphatic carbocycles. The summed E-state index contributed by atoms with van der Waals surface area (Å²) in [6.07, 6.45) is -13.4. The van der Waals surface area contributed by atoms with Gasteiger partial charge in [0.2, 0.25) is 0 Å². The van der Waals surface area contributed by atoms with E-state index in [0.29, 0.717) is 0 Å². The molecule has 1 unspecified atom stereocenters. The molecule has 1 fully saturated rings. The number of hydrogen-bond donors (Lipinski definition) is 4. The smallest absolute Gasteiger partial charge is 0.490 e. The number of aromatic nitrogens is 2. The summed E-state index contributed by atoms with van der Waals surface area (Å²) < 4.78 is 132. The average molecular weight is 843 g/mol. The quantitative estimate of drug-likeness (QED) is 0.213. The molecule has 1 atom stereocenters. The lowest BCUT2D eigenvalue weighted by molar-refractivity contribution is -0.193. The molecule has 4 heterocycles. The Hall–Kier alpha value is -5.88. The van der Waals surface area contributed by atoms with Gasteiger partial charge in [0.1, 0.15) is 5.75 Å². The van der Waals surface area contributed by atoms with Gasteiger partial charge in [-0.25, -0.2) is 19.2 Å². The predicted octanol–water partition coefficient (Wildman–Crippen LogP) is 6.18. The number of likely N-dealkylation sites (tertiary alicyclic amines) is 1. The second-order valence-corrected chi connectivity index (χ2v) is 11.4. The summed E-state index contributed by atoms with van der Waals surface area (Å²) in [4.78, 5) is 49.8. The lowest BCUT2D eigenvalue weighted by atomic mass is 9.85. The highest BCUT2D eigenvalue weighted by Crippen LogP contribution is 2.45. The van der Waals surface area contributed by atoms with Crippen LogP contribution in [0.1, 0.15) is 23.2 Å². The molecule has 25 heteroatoms. The van der Waals surface area contributed by atoms with E-state index in [-0.39, 0.29) is 5.41 Å². The van der Waals surface area contributed by atoms with Gasteiger partial charge in [0.15, 0.2) is 0 Å². The second-order valence-electron chi connectivity index (χ2n) is 11.4. The van der Waals surface area contributed by atoms with Crippen LogP contribution in [0, 0.1) is 0 Å².